The molecule has 1 aliphatic rings. The van der Waals surface area contributed by atoms with Gasteiger partial charge in [0.25, 0.3) is 6.01 Å². The van der Waals surface area contributed by atoms with Crippen molar-refractivity contribution in [3.05, 3.63) is 11.4 Å². The number of carboxylic acids is 1. The van der Waals surface area contributed by atoms with Crippen LogP contribution in [0.4, 0.5) is 0 Å². The van der Waals surface area contributed by atoms with Crippen LogP contribution in [-0.2, 0) is 24.7 Å². The predicted octanol–water partition coefficient (Wildman–Crippen LogP) is 0.618. The third kappa shape index (κ3) is 1.58. The summed E-state index contributed by atoms with van der Waals surface area (Å²) >= 11 is 0. The van der Waals surface area contributed by atoms with E-state index in [0.717, 1.165) is 17.8 Å². The highest BCUT2D eigenvalue weighted by molar-refractivity contribution is 5.70. The molecular formula is C10H14N2O3. The molecule has 0 saturated heterocycles. The molecule has 5 nitrogen and oxygen atoms in total. The normalized spacial score (nSPS) is 19.7. The third-order valence-corrected chi connectivity index (χ3v) is 2.96. The molecular weight excluding hydrogens is 196 g/mol. The molecule has 1 atom stereocenters. The van der Waals surface area contributed by atoms with Crippen molar-refractivity contribution in [2.45, 2.75) is 19.3 Å². The number of hydrogen-bond acceptors (Lipinski definition) is 3. The number of aromatic nitrogens is 2. The van der Waals surface area contributed by atoms with Crippen LogP contribution in [0.2, 0.25) is 0 Å². The van der Waals surface area contributed by atoms with Crippen LogP contribution in [0.25, 0.3) is 0 Å². The monoisotopic (exact) mass is 210 g/mol. The second-order valence-corrected chi connectivity index (χ2v) is 3.83. The Labute approximate surface area is 87.7 Å². The Bertz CT molecular complexity index is 398. The summed E-state index contributed by atoms with van der Waals surface area (Å²) in [6, 6.07) is 0.561. The molecule has 1 aromatic heterocycles. The van der Waals surface area contributed by atoms with Crippen molar-refractivity contribution in [1.82, 2.24) is 9.55 Å². The van der Waals surface area contributed by atoms with E-state index < -0.39 is 5.97 Å². The Morgan fingerprint density at radius 3 is 3.00 bits per heavy atom. The first-order valence-corrected chi connectivity index (χ1v) is 4.94. The summed E-state index contributed by atoms with van der Waals surface area (Å²) in [5, 5.41) is 8.93. The van der Waals surface area contributed by atoms with Gasteiger partial charge in [0.15, 0.2) is 0 Å². The minimum atomic E-state index is -0.731. The topological polar surface area (TPSA) is 64.4 Å². The zero-order chi connectivity index (χ0) is 11.0. The van der Waals surface area contributed by atoms with E-state index in [0.29, 0.717) is 18.9 Å². The van der Waals surface area contributed by atoms with E-state index in [1.54, 1.807) is 7.11 Å². The molecule has 5 heteroatoms. The lowest BCUT2D eigenvalue weighted by atomic mass is 9.90. The number of hydrogen-bond donors (Lipinski definition) is 1. The van der Waals surface area contributed by atoms with Crippen LogP contribution in [0.5, 0.6) is 6.01 Å². The van der Waals surface area contributed by atoms with E-state index in [9.17, 15) is 4.79 Å². The molecule has 1 heterocycles. The number of nitrogens with zero attached hydrogens (tertiary/aromatic N) is 2. The van der Waals surface area contributed by atoms with Crippen LogP contribution < -0.4 is 4.74 Å². The van der Waals surface area contributed by atoms with Gasteiger partial charge < -0.3 is 14.4 Å². The number of carboxylic acid groups (broad SMARTS) is 1. The first-order valence-electron chi connectivity index (χ1n) is 4.94. The number of ether oxygens (including phenoxy) is 1. The molecule has 1 aromatic rings. The van der Waals surface area contributed by atoms with Crippen molar-refractivity contribution in [2.75, 3.05) is 7.11 Å². The summed E-state index contributed by atoms with van der Waals surface area (Å²) < 4.78 is 6.99. The zero-order valence-corrected chi connectivity index (χ0v) is 8.86. The largest absolute Gasteiger partial charge is 0.481 e. The molecule has 1 N–H and O–H groups in total. The Balaban J connectivity index is 2.31. The molecule has 82 valence electrons. The molecule has 15 heavy (non-hydrogen) atoms. The van der Waals surface area contributed by atoms with Crippen molar-refractivity contribution in [3.8, 4) is 6.01 Å². The van der Waals surface area contributed by atoms with Crippen molar-refractivity contribution in [1.29, 1.82) is 0 Å². The zero-order valence-electron chi connectivity index (χ0n) is 8.86. The second kappa shape index (κ2) is 3.56. The smallest absolute Gasteiger partial charge is 0.306 e. The lowest BCUT2D eigenvalue weighted by Crippen LogP contribution is -2.22. The molecule has 1 unspecified atom stereocenters. The number of methoxy groups -OCH3 is 1. The van der Waals surface area contributed by atoms with Crippen LogP contribution in [0, 0.1) is 5.92 Å². The quantitative estimate of drug-likeness (QED) is 0.777. The lowest BCUT2D eigenvalue weighted by molar-refractivity contribution is -0.142. The number of rotatable bonds is 2. The van der Waals surface area contributed by atoms with Gasteiger partial charge in [0, 0.05) is 19.2 Å². The van der Waals surface area contributed by atoms with Gasteiger partial charge in [-0.3, -0.25) is 4.79 Å². The predicted molar refractivity (Wildman–Crippen MR) is 52.9 cm³/mol. The van der Waals surface area contributed by atoms with Crippen molar-refractivity contribution < 1.29 is 14.6 Å². The number of fused-ring (bicyclic) bond motifs is 1. The van der Waals surface area contributed by atoms with Crippen LogP contribution in [0.15, 0.2) is 0 Å². The minimum absolute atomic E-state index is 0.294. The fourth-order valence-corrected chi connectivity index (χ4v) is 2.08. The highest BCUT2D eigenvalue weighted by Crippen LogP contribution is 2.27. The summed E-state index contributed by atoms with van der Waals surface area (Å²) in [5.41, 5.74) is 1.97. The fourth-order valence-electron chi connectivity index (χ4n) is 2.08. The lowest BCUT2D eigenvalue weighted by Gasteiger charge is -2.17. The molecule has 0 aromatic carbocycles. The third-order valence-electron chi connectivity index (χ3n) is 2.96. The SMILES string of the molecule is COc1nc2c(n1C)CCC(C(=O)O)C2. The molecule has 0 fully saturated rings. The van der Waals surface area contributed by atoms with Gasteiger partial charge >= 0.3 is 5.97 Å². The first-order chi connectivity index (χ1) is 7.13. The Morgan fingerprint density at radius 2 is 2.40 bits per heavy atom. The Hall–Kier alpha value is -1.52. The average molecular weight is 210 g/mol. The van der Waals surface area contributed by atoms with E-state index in [1.807, 2.05) is 11.6 Å². The molecule has 0 spiro atoms. The van der Waals surface area contributed by atoms with Gasteiger partial charge in [0.2, 0.25) is 0 Å². The summed E-state index contributed by atoms with van der Waals surface area (Å²) in [7, 11) is 3.47. The Morgan fingerprint density at radius 1 is 1.67 bits per heavy atom. The maximum Gasteiger partial charge on any atom is 0.306 e. The van der Waals surface area contributed by atoms with Gasteiger partial charge in [-0.25, -0.2) is 4.98 Å². The van der Waals surface area contributed by atoms with E-state index >= 15 is 0 Å². The van der Waals surface area contributed by atoms with Crippen LogP contribution in [0.3, 0.4) is 0 Å². The average Bonchev–Trinajstić information content (AvgIpc) is 2.55. The van der Waals surface area contributed by atoms with Crippen molar-refractivity contribution in [3.63, 3.8) is 0 Å². The molecule has 0 bridgehead atoms. The van der Waals surface area contributed by atoms with Gasteiger partial charge in [0.05, 0.1) is 18.7 Å². The molecule has 0 radical (unpaired) electrons. The summed E-state index contributed by atoms with van der Waals surface area (Å²) in [4.78, 5) is 15.1. The van der Waals surface area contributed by atoms with Crippen LogP contribution in [-0.4, -0.2) is 27.7 Å². The number of carbonyl (C=O) groups is 1. The van der Waals surface area contributed by atoms with E-state index in [-0.39, 0.29) is 5.92 Å². The number of aliphatic carboxylic acids is 1. The van der Waals surface area contributed by atoms with E-state index in [2.05, 4.69) is 4.98 Å². The fraction of sp³-hybridized carbons (Fsp3) is 0.600. The molecule has 0 aliphatic heterocycles. The van der Waals surface area contributed by atoms with E-state index in [1.165, 1.54) is 0 Å². The standard InChI is InChI=1S/C10H14N2O3/c1-12-8-4-3-6(9(13)14)5-7(8)11-10(12)15-2/h6H,3-5H2,1-2H3,(H,13,14). The summed E-state index contributed by atoms with van der Waals surface area (Å²) in [6.45, 7) is 0. The van der Waals surface area contributed by atoms with Crippen molar-refractivity contribution in [2.24, 2.45) is 13.0 Å². The van der Waals surface area contributed by atoms with E-state index in [4.69, 9.17) is 9.84 Å². The van der Waals surface area contributed by atoms with Crippen LogP contribution >= 0.6 is 0 Å². The second-order valence-electron chi connectivity index (χ2n) is 3.83. The highest BCUT2D eigenvalue weighted by atomic mass is 16.5. The number of imidazole rings is 1. The van der Waals surface area contributed by atoms with Gasteiger partial charge in [-0.15, -0.1) is 0 Å². The van der Waals surface area contributed by atoms with Gasteiger partial charge in [-0.2, -0.15) is 0 Å². The summed E-state index contributed by atoms with van der Waals surface area (Å²) in [6.07, 6.45) is 1.96. The molecule has 1 aliphatic carbocycles. The van der Waals surface area contributed by atoms with Gasteiger partial charge in [0.1, 0.15) is 0 Å². The molecule has 0 amide bonds. The van der Waals surface area contributed by atoms with Crippen LogP contribution in [0.1, 0.15) is 17.8 Å². The maximum absolute atomic E-state index is 10.9. The first kappa shape index (κ1) is 10.0. The minimum Gasteiger partial charge on any atom is -0.481 e. The maximum atomic E-state index is 10.9. The highest BCUT2D eigenvalue weighted by Gasteiger charge is 2.28. The summed E-state index contributed by atoms with van der Waals surface area (Å²) in [5.74, 6) is -1.03. The van der Waals surface area contributed by atoms with Gasteiger partial charge in [-0.05, 0) is 12.8 Å². The molecule has 0 saturated carbocycles. The van der Waals surface area contributed by atoms with Gasteiger partial charge in [-0.1, -0.05) is 0 Å². The van der Waals surface area contributed by atoms with Crippen molar-refractivity contribution >= 4 is 5.97 Å². The molecule has 2 rings (SSSR count). The Kier molecular flexibility index (Phi) is 2.38.